The molecule has 0 aromatic heterocycles. The lowest BCUT2D eigenvalue weighted by molar-refractivity contribution is 0.188. The second-order valence-corrected chi connectivity index (χ2v) is 3.03. The molecule has 0 bridgehead atoms. The van der Waals surface area contributed by atoms with Crippen LogP contribution in [0.5, 0.6) is 0 Å². The van der Waals surface area contributed by atoms with E-state index in [0.717, 1.165) is 13.0 Å². The molecule has 0 unspecified atom stereocenters. The minimum atomic E-state index is -0.161. The molecule has 0 aliphatic carbocycles. The van der Waals surface area contributed by atoms with Gasteiger partial charge >= 0.3 is 6.03 Å². The van der Waals surface area contributed by atoms with Gasteiger partial charge in [-0.15, -0.1) is 11.6 Å². The van der Waals surface area contributed by atoms with Crippen LogP contribution in [-0.2, 0) is 4.74 Å². The van der Waals surface area contributed by atoms with Crippen molar-refractivity contribution in [1.29, 1.82) is 0 Å². The highest BCUT2D eigenvalue weighted by Gasteiger charge is 2.16. The number of hydrogen-bond acceptors (Lipinski definition) is 2. The Morgan fingerprint density at radius 1 is 1.67 bits per heavy atom. The number of carbonyl (C=O) groups excluding carboxylic acids is 1. The first-order valence-corrected chi connectivity index (χ1v) is 4.54. The summed E-state index contributed by atoms with van der Waals surface area (Å²) in [5, 5.41) is 5.40. The normalized spacial score (nSPS) is 22.2. The van der Waals surface area contributed by atoms with Crippen LogP contribution in [0.15, 0.2) is 0 Å². The smallest absolute Gasteiger partial charge is 0.315 e. The number of ether oxygens (including phenoxy) is 1. The van der Waals surface area contributed by atoms with E-state index in [0.29, 0.717) is 19.0 Å². The molecule has 1 aliphatic rings. The van der Waals surface area contributed by atoms with E-state index in [4.69, 9.17) is 16.3 Å². The predicted molar refractivity (Wildman–Crippen MR) is 46.5 cm³/mol. The van der Waals surface area contributed by atoms with Crippen LogP contribution in [0.1, 0.15) is 6.42 Å². The maximum atomic E-state index is 11.0. The van der Waals surface area contributed by atoms with Gasteiger partial charge in [0.25, 0.3) is 0 Å². The number of urea groups is 1. The highest BCUT2D eigenvalue weighted by Crippen LogP contribution is 2.02. The van der Waals surface area contributed by atoms with E-state index in [2.05, 4.69) is 10.6 Å². The summed E-state index contributed by atoms with van der Waals surface area (Å²) in [5.41, 5.74) is 0. The average Bonchev–Trinajstić information content (AvgIpc) is 2.53. The third kappa shape index (κ3) is 3.28. The molecule has 4 nitrogen and oxygen atoms in total. The van der Waals surface area contributed by atoms with Crippen molar-refractivity contribution in [3.05, 3.63) is 0 Å². The molecule has 1 fully saturated rings. The number of rotatable bonds is 3. The molecule has 0 radical (unpaired) electrons. The summed E-state index contributed by atoms with van der Waals surface area (Å²) >= 11 is 5.40. The van der Waals surface area contributed by atoms with Gasteiger partial charge in [-0.2, -0.15) is 0 Å². The van der Waals surface area contributed by atoms with Crippen molar-refractivity contribution < 1.29 is 9.53 Å². The number of nitrogens with one attached hydrogen (secondary N) is 2. The Labute approximate surface area is 76.6 Å². The first kappa shape index (κ1) is 9.61. The molecule has 0 aromatic rings. The standard InChI is InChI=1S/C7H13ClN2O2/c8-2-3-9-7(11)10-6-1-4-12-5-6/h6H,1-5H2,(H2,9,10,11)/t6-/m0/s1. The van der Waals surface area contributed by atoms with Gasteiger partial charge in [-0.1, -0.05) is 0 Å². The van der Waals surface area contributed by atoms with Crippen LogP contribution in [0.25, 0.3) is 0 Å². The van der Waals surface area contributed by atoms with Crippen molar-refractivity contribution in [2.24, 2.45) is 0 Å². The summed E-state index contributed by atoms with van der Waals surface area (Å²) in [6.07, 6.45) is 0.897. The molecular weight excluding hydrogens is 180 g/mol. The van der Waals surface area contributed by atoms with E-state index < -0.39 is 0 Å². The molecule has 1 aliphatic heterocycles. The number of halogens is 1. The zero-order valence-electron chi connectivity index (χ0n) is 6.81. The zero-order chi connectivity index (χ0) is 8.81. The van der Waals surface area contributed by atoms with Crippen LogP contribution in [-0.4, -0.2) is 37.7 Å². The molecule has 1 rings (SSSR count). The van der Waals surface area contributed by atoms with Crippen LogP contribution < -0.4 is 10.6 Å². The van der Waals surface area contributed by atoms with Crippen molar-refractivity contribution in [2.75, 3.05) is 25.6 Å². The van der Waals surface area contributed by atoms with Gasteiger partial charge in [0.05, 0.1) is 12.6 Å². The average molecular weight is 193 g/mol. The Bertz CT molecular complexity index is 148. The zero-order valence-corrected chi connectivity index (χ0v) is 7.56. The lowest BCUT2D eigenvalue weighted by Crippen LogP contribution is -2.42. The molecule has 12 heavy (non-hydrogen) atoms. The highest BCUT2D eigenvalue weighted by atomic mass is 35.5. The first-order chi connectivity index (χ1) is 5.83. The molecule has 70 valence electrons. The van der Waals surface area contributed by atoms with Gasteiger partial charge in [0.2, 0.25) is 0 Å². The van der Waals surface area contributed by atoms with Crippen LogP contribution in [0.2, 0.25) is 0 Å². The van der Waals surface area contributed by atoms with Gasteiger partial charge in [0.1, 0.15) is 0 Å². The quantitative estimate of drug-likeness (QED) is 0.633. The minimum absolute atomic E-state index is 0.161. The molecule has 0 aromatic carbocycles. The van der Waals surface area contributed by atoms with Gasteiger partial charge in [-0.3, -0.25) is 0 Å². The molecule has 5 heteroatoms. The van der Waals surface area contributed by atoms with Crippen molar-refractivity contribution >= 4 is 17.6 Å². The largest absolute Gasteiger partial charge is 0.379 e. The fourth-order valence-electron chi connectivity index (χ4n) is 1.05. The monoisotopic (exact) mass is 192 g/mol. The van der Waals surface area contributed by atoms with Gasteiger partial charge in [0, 0.05) is 19.0 Å². The van der Waals surface area contributed by atoms with Crippen LogP contribution in [0.3, 0.4) is 0 Å². The fourth-order valence-corrected chi connectivity index (χ4v) is 1.14. The Morgan fingerprint density at radius 3 is 3.08 bits per heavy atom. The summed E-state index contributed by atoms with van der Waals surface area (Å²) in [5.74, 6) is 0.439. The van der Waals surface area contributed by atoms with E-state index in [1.807, 2.05) is 0 Å². The van der Waals surface area contributed by atoms with E-state index in [9.17, 15) is 4.79 Å². The van der Waals surface area contributed by atoms with E-state index in [1.54, 1.807) is 0 Å². The van der Waals surface area contributed by atoms with Crippen LogP contribution >= 0.6 is 11.6 Å². The van der Waals surface area contributed by atoms with Crippen molar-refractivity contribution in [1.82, 2.24) is 10.6 Å². The molecule has 2 N–H and O–H groups in total. The van der Waals surface area contributed by atoms with Crippen molar-refractivity contribution in [2.45, 2.75) is 12.5 Å². The number of carbonyl (C=O) groups is 1. The van der Waals surface area contributed by atoms with E-state index >= 15 is 0 Å². The highest BCUT2D eigenvalue weighted by molar-refractivity contribution is 6.18. The van der Waals surface area contributed by atoms with Crippen LogP contribution in [0, 0.1) is 0 Å². The number of hydrogen-bond donors (Lipinski definition) is 2. The van der Waals surface area contributed by atoms with Gasteiger partial charge < -0.3 is 15.4 Å². The topological polar surface area (TPSA) is 50.4 Å². The van der Waals surface area contributed by atoms with Crippen molar-refractivity contribution in [3.8, 4) is 0 Å². The Morgan fingerprint density at radius 2 is 2.50 bits per heavy atom. The molecule has 1 saturated heterocycles. The molecule has 0 saturated carbocycles. The van der Waals surface area contributed by atoms with E-state index in [-0.39, 0.29) is 12.1 Å². The Balaban J connectivity index is 2.08. The molecular formula is C7H13ClN2O2. The lowest BCUT2D eigenvalue weighted by Gasteiger charge is -2.10. The molecule has 2 amide bonds. The molecule has 1 atom stereocenters. The molecule has 1 heterocycles. The summed E-state index contributed by atoms with van der Waals surface area (Å²) in [6, 6.07) is 0.00600. The summed E-state index contributed by atoms with van der Waals surface area (Å²) in [6.45, 7) is 1.86. The van der Waals surface area contributed by atoms with E-state index in [1.165, 1.54) is 0 Å². The third-order valence-corrected chi connectivity index (χ3v) is 1.83. The SMILES string of the molecule is O=C(NCCCl)N[C@H]1CCOC1. The van der Waals surface area contributed by atoms with Crippen LogP contribution in [0.4, 0.5) is 4.79 Å². The van der Waals surface area contributed by atoms with Gasteiger partial charge in [-0.25, -0.2) is 4.79 Å². The second kappa shape index (κ2) is 5.22. The third-order valence-electron chi connectivity index (χ3n) is 1.64. The molecule has 0 spiro atoms. The Kier molecular flexibility index (Phi) is 4.18. The summed E-state index contributed by atoms with van der Waals surface area (Å²) in [4.78, 5) is 11.0. The lowest BCUT2D eigenvalue weighted by atomic mass is 10.3. The Hall–Kier alpha value is -0.480. The minimum Gasteiger partial charge on any atom is -0.379 e. The number of amides is 2. The maximum absolute atomic E-state index is 11.0. The van der Waals surface area contributed by atoms with Gasteiger partial charge in [-0.05, 0) is 6.42 Å². The summed E-state index contributed by atoms with van der Waals surface area (Å²) < 4.78 is 5.09. The first-order valence-electron chi connectivity index (χ1n) is 4.01. The van der Waals surface area contributed by atoms with Crippen molar-refractivity contribution in [3.63, 3.8) is 0 Å². The van der Waals surface area contributed by atoms with Gasteiger partial charge in [0.15, 0.2) is 0 Å². The fraction of sp³-hybridized carbons (Fsp3) is 0.857. The second-order valence-electron chi connectivity index (χ2n) is 2.65. The number of alkyl halides is 1. The maximum Gasteiger partial charge on any atom is 0.315 e. The summed E-state index contributed by atoms with van der Waals surface area (Å²) in [7, 11) is 0. The predicted octanol–water partition coefficient (Wildman–Crippen LogP) is 0.313.